The van der Waals surface area contributed by atoms with E-state index in [9.17, 15) is 0 Å². The van der Waals surface area contributed by atoms with E-state index in [-0.39, 0.29) is 0 Å². The van der Waals surface area contributed by atoms with Crippen LogP contribution >= 0.6 is 17.0 Å². The van der Waals surface area contributed by atoms with Crippen molar-refractivity contribution in [3.05, 3.63) is 130 Å². The molecule has 0 heterocycles. The van der Waals surface area contributed by atoms with E-state index in [1.165, 1.54) is 90.0 Å². The standard InChI is InChI=1S/2C21H23.C2H6Si.2ClH.Zr/c2*1-5-14(2)18-12-17-9-7-11-20(21(17)13-18)19-10-6-8-15(3)16(19)4;1-3-2;;;/h2*6-14H,5H2,1-4H3;1-2H3;2*1H;/q2*-1;;;;+4/p-2. The predicted octanol–water partition coefficient (Wildman–Crippen LogP) is 14.9. The van der Waals surface area contributed by atoms with Gasteiger partial charge >= 0.3 is 37.9 Å². The first kappa shape index (κ1) is 40.2. The van der Waals surface area contributed by atoms with E-state index in [4.69, 9.17) is 17.0 Å². The molecule has 6 aromatic rings. The van der Waals surface area contributed by atoms with Crippen molar-refractivity contribution in [1.29, 1.82) is 0 Å². The molecule has 6 aromatic carbocycles. The van der Waals surface area contributed by atoms with Crippen LogP contribution in [0.1, 0.15) is 85.8 Å². The van der Waals surface area contributed by atoms with Crippen molar-refractivity contribution < 1.29 is 20.8 Å². The molecule has 0 aliphatic heterocycles. The van der Waals surface area contributed by atoms with Crippen molar-refractivity contribution >= 4 is 48.1 Å². The Balaban J connectivity index is 0.000000224. The second-order valence-electron chi connectivity index (χ2n) is 12.9. The molecular formula is C44H52Cl2SiZr. The predicted molar refractivity (Wildman–Crippen MR) is 216 cm³/mol. The van der Waals surface area contributed by atoms with E-state index in [0.29, 0.717) is 11.8 Å². The van der Waals surface area contributed by atoms with E-state index >= 15 is 0 Å². The van der Waals surface area contributed by atoms with Crippen LogP contribution in [0.5, 0.6) is 0 Å². The molecule has 0 N–H and O–H groups in total. The molecule has 250 valence electrons. The van der Waals surface area contributed by atoms with Crippen molar-refractivity contribution in [3.8, 4) is 22.3 Å². The summed E-state index contributed by atoms with van der Waals surface area (Å²) in [5, 5.41) is 5.51. The summed E-state index contributed by atoms with van der Waals surface area (Å²) < 4.78 is 0. The summed E-state index contributed by atoms with van der Waals surface area (Å²) in [6.07, 6.45) is 2.38. The Morgan fingerprint density at radius 3 is 1.23 bits per heavy atom. The summed E-state index contributed by atoms with van der Waals surface area (Å²) in [6, 6.07) is 36.0. The van der Waals surface area contributed by atoms with Crippen LogP contribution < -0.4 is 0 Å². The van der Waals surface area contributed by atoms with Crippen molar-refractivity contribution in [2.24, 2.45) is 0 Å². The Bertz CT molecular complexity index is 1740. The molecule has 0 saturated carbocycles. The Morgan fingerprint density at radius 1 is 0.583 bits per heavy atom. The van der Waals surface area contributed by atoms with Crippen LogP contribution in [-0.4, -0.2) is 9.52 Å². The summed E-state index contributed by atoms with van der Waals surface area (Å²) >= 11 is -0.826. The van der Waals surface area contributed by atoms with Gasteiger partial charge in [0.25, 0.3) is 0 Å². The Hall–Kier alpha value is -2.22. The zero-order valence-corrected chi connectivity index (χ0v) is 35.5. The fourth-order valence-electron chi connectivity index (χ4n) is 6.11. The molecule has 0 aliphatic rings. The molecule has 0 fully saturated rings. The molecule has 2 atom stereocenters. The first-order valence-electron chi connectivity index (χ1n) is 17.1. The molecule has 6 rings (SSSR count). The van der Waals surface area contributed by atoms with Gasteiger partial charge in [-0.2, -0.15) is 12.1 Å². The van der Waals surface area contributed by atoms with Gasteiger partial charge in [0.1, 0.15) is 0 Å². The molecule has 0 aliphatic carbocycles. The molecule has 2 radical (unpaired) electrons. The minimum atomic E-state index is -0.826. The van der Waals surface area contributed by atoms with Gasteiger partial charge in [0.15, 0.2) is 0 Å². The monoisotopic (exact) mass is 768 g/mol. The molecule has 4 heteroatoms. The van der Waals surface area contributed by atoms with E-state index in [1.807, 2.05) is 0 Å². The van der Waals surface area contributed by atoms with Gasteiger partial charge in [-0.1, -0.05) is 113 Å². The van der Waals surface area contributed by atoms with Crippen molar-refractivity contribution in [2.75, 3.05) is 0 Å². The first-order chi connectivity index (χ1) is 23.1. The molecule has 2 unspecified atom stereocenters. The zero-order valence-electron chi connectivity index (χ0n) is 30.6. The average Bonchev–Trinajstić information content (AvgIpc) is 3.73. The molecule has 0 bridgehead atoms. The number of hydrogen-bond donors (Lipinski definition) is 0. The Morgan fingerprint density at radius 2 is 0.896 bits per heavy atom. The van der Waals surface area contributed by atoms with Crippen LogP contribution in [-0.2, 0) is 20.8 Å². The topological polar surface area (TPSA) is 0 Å². The molecular weight excluding hydrogens is 719 g/mol. The molecule has 0 aromatic heterocycles. The van der Waals surface area contributed by atoms with Crippen LogP contribution in [0.15, 0.2) is 97.1 Å². The van der Waals surface area contributed by atoms with Crippen LogP contribution in [0.3, 0.4) is 0 Å². The zero-order chi connectivity index (χ0) is 35.4. The van der Waals surface area contributed by atoms with Crippen LogP contribution in [0.2, 0.25) is 13.1 Å². The van der Waals surface area contributed by atoms with Gasteiger partial charge in [-0.3, -0.25) is 0 Å². The van der Waals surface area contributed by atoms with E-state index in [2.05, 4.69) is 166 Å². The Kier molecular flexibility index (Phi) is 16.6. The minimum absolute atomic E-state index is 0.629. The van der Waals surface area contributed by atoms with Gasteiger partial charge in [-0.05, 0) is 72.9 Å². The van der Waals surface area contributed by atoms with Gasteiger partial charge in [0, 0.05) is 9.52 Å². The maximum atomic E-state index is 4.93. The SMILES string of the molecule is CCC(C)c1cc2c(-c3cccc(C)c3C)cccc2[cH-]1.CCC(C)c1cc2c(-c3cccc(C)c3C)cccc2[cH-]1.C[Si]C.[Cl][Zr+2][Cl]. The summed E-state index contributed by atoms with van der Waals surface area (Å²) in [7, 11) is 11.0. The van der Waals surface area contributed by atoms with Crippen LogP contribution in [0, 0.1) is 27.7 Å². The molecule has 0 saturated heterocycles. The summed E-state index contributed by atoms with van der Waals surface area (Å²) in [4.78, 5) is 0. The van der Waals surface area contributed by atoms with Gasteiger partial charge < -0.3 is 0 Å². The number of hydrogen-bond acceptors (Lipinski definition) is 0. The van der Waals surface area contributed by atoms with Gasteiger partial charge in [-0.25, -0.2) is 0 Å². The third kappa shape index (κ3) is 9.94. The fourth-order valence-corrected chi connectivity index (χ4v) is 6.11. The molecule has 48 heavy (non-hydrogen) atoms. The third-order valence-electron chi connectivity index (χ3n) is 9.70. The van der Waals surface area contributed by atoms with Gasteiger partial charge in [0.05, 0.1) is 0 Å². The number of rotatable bonds is 6. The Labute approximate surface area is 312 Å². The summed E-state index contributed by atoms with van der Waals surface area (Å²) in [5.74, 6) is 1.26. The normalized spacial score (nSPS) is 11.8. The van der Waals surface area contributed by atoms with Crippen LogP contribution in [0.25, 0.3) is 43.8 Å². The average molecular weight is 771 g/mol. The number of benzene rings is 4. The van der Waals surface area contributed by atoms with E-state index in [0.717, 1.165) is 9.52 Å². The second-order valence-corrected chi connectivity index (χ2v) is 17.6. The van der Waals surface area contributed by atoms with Crippen molar-refractivity contribution in [3.63, 3.8) is 0 Å². The quantitative estimate of drug-likeness (QED) is 0.117. The second kappa shape index (κ2) is 19.8. The van der Waals surface area contributed by atoms with E-state index < -0.39 is 20.8 Å². The first-order valence-corrected chi connectivity index (χ1v) is 25.5. The number of fused-ring (bicyclic) bond motifs is 2. The van der Waals surface area contributed by atoms with Gasteiger partial charge in [-0.15, -0.1) is 69.1 Å². The van der Waals surface area contributed by atoms with E-state index in [1.54, 1.807) is 0 Å². The summed E-state index contributed by atoms with van der Waals surface area (Å²) in [5.41, 5.74) is 13.9. The van der Waals surface area contributed by atoms with Gasteiger partial charge in [0.2, 0.25) is 0 Å². The maximum absolute atomic E-state index is 4.93. The third-order valence-corrected chi connectivity index (χ3v) is 9.70. The molecule has 0 amide bonds. The fraction of sp³-hybridized carbons (Fsp3) is 0.318. The number of aryl methyl sites for hydroxylation is 2. The molecule has 0 spiro atoms. The van der Waals surface area contributed by atoms with Crippen molar-refractivity contribution in [1.82, 2.24) is 0 Å². The molecule has 0 nitrogen and oxygen atoms in total. The van der Waals surface area contributed by atoms with Crippen LogP contribution in [0.4, 0.5) is 0 Å². The summed E-state index contributed by atoms with van der Waals surface area (Å²) in [6.45, 7) is 22.3. The number of halogens is 2. The van der Waals surface area contributed by atoms with Crippen molar-refractivity contribution in [2.45, 2.75) is 93.2 Å².